The number of para-hydroxylation sites is 1. The molecule has 1 aliphatic heterocycles. The van der Waals surface area contributed by atoms with E-state index in [1.807, 2.05) is 29.5 Å². The summed E-state index contributed by atoms with van der Waals surface area (Å²) < 4.78 is 2.74. The molecule has 0 aliphatic carbocycles. The molecule has 0 bridgehead atoms. The molecule has 1 saturated heterocycles. The first-order valence-corrected chi connectivity index (χ1v) is 8.84. The number of piperidine rings is 1. The summed E-state index contributed by atoms with van der Waals surface area (Å²) in [6, 6.07) is 12.2. The minimum absolute atomic E-state index is 0.447. The fourth-order valence-corrected chi connectivity index (χ4v) is 4.35. The molecule has 4 heterocycles. The van der Waals surface area contributed by atoms with Crippen LogP contribution in [0, 0.1) is 0 Å². The minimum Gasteiger partial charge on any atom is -0.354 e. The first-order valence-electron chi connectivity index (χ1n) is 8.03. The monoisotopic (exact) mass is 337 g/mol. The van der Waals surface area contributed by atoms with Crippen LogP contribution in [0.1, 0.15) is 23.8 Å². The Bertz CT molecular complexity index is 967. The minimum atomic E-state index is 0.447. The average Bonchev–Trinajstić information content (AvgIpc) is 3.27. The van der Waals surface area contributed by atoms with Gasteiger partial charge in [-0.25, -0.2) is 4.98 Å². The first-order chi connectivity index (χ1) is 11.9. The Morgan fingerprint density at radius 2 is 2.08 bits per heavy atom. The molecule has 24 heavy (non-hydrogen) atoms. The van der Waals surface area contributed by atoms with Crippen LogP contribution < -0.4 is 4.90 Å². The quantitative estimate of drug-likeness (QED) is 0.560. The molecule has 4 aromatic rings. The molecule has 1 aromatic carbocycles. The zero-order chi connectivity index (χ0) is 15.9. The molecule has 120 valence electrons. The van der Waals surface area contributed by atoms with Crippen LogP contribution in [0.15, 0.2) is 36.4 Å². The summed E-state index contributed by atoms with van der Waals surface area (Å²) in [5.41, 5.74) is 1.77. The smallest absolute Gasteiger partial charge is 0.200 e. The third-order valence-electron chi connectivity index (χ3n) is 4.46. The van der Waals surface area contributed by atoms with Crippen molar-refractivity contribution >= 4 is 33.0 Å². The highest BCUT2D eigenvalue weighted by Gasteiger charge is 2.25. The second-order valence-electron chi connectivity index (χ2n) is 6.02. The number of rotatable bonds is 2. The molecule has 0 saturated carbocycles. The zero-order valence-electron chi connectivity index (χ0n) is 12.9. The number of tetrazole rings is 1. The van der Waals surface area contributed by atoms with Gasteiger partial charge in [-0.15, -0.1) is 26.2 Å². The van der Waals surface area contributed by atoms with E-state index in [4.69, 9.17) is 4.98 Å². The number of fused-ring (bicyclic) bond motifs is 2. The summed E-state index contributed by atoms with van der Waals surface area (Å²) in [6.07, 6.45) is 2.30. The normalized spacial score (nSPS) is 18.5. The maximum absolute atomic E-state index is 4.84. The van der Waals surface area contributed by atoms with Gasteiger partial charge in [-0.05, 0) is 47.5 Å². The lowest BCUT2D eigenvalue weighted by molar-refractivity contribution is 0.503. The predicted octanol–water partition coefficient (Wildman–Crippen LogP) is 2.51. The maximum Gasteiger partial charge on any atom is 0.200 e. The molecular weight excluding hydrogens is 322 g/mol. The van der Waals surface area contributed by atoms with Gasteiger partial charge < -0.3 is 4.90 Å². The van der Waals surface area contributed by atoms with Crippen LogP contribution in [0.4, 0.5) is 5.82 Å². The number of hydrogen-bond acceptors (Lipinski definition) is 7. The van der Waals surface area contributed by atoms with Crippen LogP contribution in [0.5, 0.6) is 0 Å². The number of thiazole rings is 1. The summed E-state index contributed by atoms with van der Waals surface area (Å²) in [5.74, 6) is 1.36. The van der Waals surface area contributed by atoms with Crippen molar-refractivity contribution < 1.29 is 0 Å². The van der Waals surface area contributed by atoms with E-state index in [0.717, 1.165) is 30.8 Å². The average molecular weight is 337 g/mol. The van der Waals surface area contributed by atoms with E-state index in [9.17, 15) is 0 Å². The number of hydrogen-bond donors (Lipinski definition) is 0. The van der Waals surface area contributed by atoms with E-state index in [-0.39, 0.29) is 0 Å². The van der Waals surface area contributed by atoms with E-state index < -0.39 is 0 Å². The molecule has 3 aromatic heterocycles. The summed E-state index contributed by atoms with van der Waals surface area (Å²) in [5, 5.41) is 17.2. The lowest BCUT2D eigenvalue weighted by Gasteiger charge is -2.32. The van der Waals surface area contributed by atoms with Gasteiger partial charge in [0.05, 0.1) is 15.2 Å². The first kappa shape index (κ1) is 13.8. The Kier molecular flexibility index (Phi) is 3.15. The highest BCUT2D eigenvalue weighted by molar-refractivity contribution is 7.18. The van der Waals surface area contributed by atoms with E-state index in [1.165, 1.54) is 20.8 Å². The van der Waals surface area contributed by atoms with Crippen LogP contribution in [0.3, 0.4) is 0 Å². The molecule has 7 nitrogen and oxygen atoms in total. The number of anilines is 1. The fraction of sp³-hybridized carbons (Fsp3) is 0.312. The number of aromatic nitrogens is 6. The Morgan fingerprint density at radius 1 is 1.12 bits per heavy atom. The van der Waals surface area contributed by atoms with Gasteiger partial charge in [0.1, 0.15) is 0 Å². The SMILES string of the molecule is c1ccc2sc([C@@H]3CCCN(c4ccc5nnnn5n4)C3)nc2c1. The molecule has 0 spiro atoms. The van der Waals surface area contributed by atoms with E-state index in [2.05, 4.69) is 43.7 Å². The second-order valence-corrected chi connectivity index (χ2v) is 7.09. The molecule has 1 atom stereocenters. The van der Waals surface area contributed by atoms with Crippen molar-refractivity contribution in [2.45, 2.75) is 18.8 Å². The summed E-state index contributed by atoms with van der Waals surface area (Å²) in [7, 11) is 0. The van der Waals surface area contributed by atoms with E-state index in [1.54, 1.807) is 0 Å². The molecule has 0 N–H and O–H groups in total. The Hall–Kier alpha value is -2.61. The topological polar surface area (TPSA) is 72.1 Å². The molecule has 0 amide bonds. The van der Waals surface area contributed by atoms with Crippen LogP contribution >= 0.6 is 11.3 Å². The zero-order valence-corrected chi connectivity index (χ0v) is 13.7. The van der Waals surface area contributed by atoms with Crippen molar-refractivity contribution in [3.8, 4) is 0 Å². The third kappa shape index (κ3) is 2.30. The molecule has 8 heteroatoms. The van der Waals surface area contributed by atoms with Gasteiger partial charge in [0.15, 0.2) is 11.5 Å². The van der Waals surface area contributed by atoms with E-state index >= 15 is 0 Å². The van der Waals surface area contributed by atoms with Crippen molar-refractivity contribution in [3.05, 3.63) is 41.4 Å². The number of benzene rings is 1. The van der Waals surface area contributed by atoms with Gasteiger partial charge >= 0.3 is 0 Å². The van der Waals surface area contributed by atoms with Gasteiger partial charge in [0.2, 0.25) is 0 Å². The Labute approximate surface area is 141 Å². The lowest BCUT2D eigenvalue weighted by Crippen LogP contribution is -2.35. The van der Waals surface area contributed by atoms with Crippen molar-refractivity contribution in [3.63, 3.8) is 0 Å². The second kappa shape index (κ2) is 5.48. The molecular formula is C16H15N7S. The summed E-state index contributed by atoms with van der Waals surface area (Å²) in [6.45, 7) is 1.93. The summed E-state index contributed by atoms with van der Waals surface area (Å²) in [4.78, 5) is 7.15. The molecule has 1 aliphatic rings. The highest BCUT2D eigenvalue weighted by Crippen LogP contribution is 2.34. The lowest BCUT2D eigenvalue weighted by atomic mass is 9.99. The van der Waals surface area contributed by atoms with Gasteiger partial charge in [-0.3, -0.25) is 0 Å². The summed E-state index contributed by atoms with van der Waals surface area (Å²) >= 11 is 1.81. The Balaban J connectivity index is 1.44. The van der Waals surface area contributed by atoms with Crippen molar-refractivity contribution in [1.29, 1.82) is 0 Å². The highest BCUT2D eigenvalue weighted by atomic mass is 32.1. The van der Waals surface area contributed by atoms with E-state index in [0.29, 0.717) is 11.6 Å². The van der Waals surface area contributed by atoms with Gasteiger partial charge in [-0.2, -0.15) is 0 Å². The molecule has 0 radical (unpaired) electrons. The van der Waals surface area contributed by atoms with Crippen LogP contribution in [-0.4, -0.2) is 43.3 Å². The van der Waals surface area contributed by atoms with Crippen LogP contribution in [0.2, 0.25) is 0 Å². The Morgan fingerprint density at radius 3 is 3.04 bits per heavy atom. The maximum atomic E-state index is 4.84. The van der Waals surface area contributed by atoms with Gasteiger partial charge in [0, 0.05) is 19.0 Å². The van der Waals surface area contributed by atoms with Crippen LogP contribution in [-0.2, 0) is 0 Å². The van der Waals surface area contributed by atoms with Crippen molar-refractivity contribution in [2.24, 2.45) is 0 Å². The molecule has 1 fully saturated rings. The predicted molar refractivity (Wildman–Crippen MR) is 92.4 cm³/mol. The van der Waals surface area contributed by atoms with Crippen molar-refractivity contribution in [1.82, 2.24) is 30.2 Å². The molecule has 5 rings (SSSR count). The standard InChI is InChI=1S/C16H15N7S/c1-2-6-13-12(5-1)17-16(24-13)11-4-3-9-22(10-11)15-8-7-14-18-20-21-23(14)19-15/h1-2,5-8,11H,3-4,9-10H2/t11-/m1/s1. The van der Waals surface area contributed by atoms with Crippen LogP contribution in [0.25, 0.3) is 15.9 Å². The fourth-order valence-electron chi connectivity index (χ4n) is 3.26. The van der Waals surface area contributed by atoms with Crippen molar-refractivity contribution in [2.75, 3.05) is 18.0 Å². The third-order valence-corrected chi connectivity index (χ3v) is 5.66. The number of nitrogens with zero attached hydrogens (tertiary/aromatic N) is 7. The molecule has 0 unspecified atom stereocenters. The van der Waals surface area contributed by atoms with Gasteiger partial charge in [-0.1, -0.05) is 12.1 Å². The largest absolute Gasteiger partial charge is 0.354 e. The van der Waals surface area contributed by atoms with Gasteiger partial charge in [0.25, 0.3) is 0 Å².